The van der Waals surface area contributed by atoms with Crippen LogP contribution in [0.1, 0.15) is 51.0 Å². The number of benzene rings is 2. The second-order valence-electron chi connectivity index (χ2n) is 13.6. The Bertz CT molecular complexity index is 2030. The van der Waals surface area contributed by atoms with Crippen LogP contribution in [0.3, 0.4) is 0 Å². The minimum absolute atomic E-state index is 0.0179. The standard InChI is InChI=1S/C34H33ClF4N6O3S/c1-16-11-34(8-2-9-44(34)13-16)15-47-33-42-27-24-28(46-14-17-3-4-18(48-32(38)39)7-10-45(17)31(24)43-33)25(35)23(26(27)37)19-5-6-21(36)29-22(19)20(12-40)30(41)49-29/h5-6,16-18,32H,2-4,7-11,13-15,41H2,1H3/t16-,17?,18?,34+/m1/s1. The zero-order valence-electron chi connectivity index (χ0n) is 26.6. The Morgan fingerprint density at radius 3 is 2.84 bits per heavy atom. The number of thiophene rings is 1. The maximum Gasteiger partial charge on any atom is 0.345 e. The van der Waals surface area contributed by atoms with E-state index in [0.717, 1.165) is 43.7 Å². The molecule has 4 aliphatic rings. The molecule has 3 saturated heterocycles. The summed E-state index contributed by atoms with van der Waals surface area (Å²) >= 11 is 7.93. The van der Waals surface area contributed by atoms with Gasteiger partial charge in [0.2, 0.25) is 0 Å². The first-order valence-electron chi connectivity index (χ1n) is 16.4. The van der Waals surface area contributed by atoms with Gasteiger partial charge in [-0.05, 0) is 62.6 Å². The van der Waals surface area contributed by atoms with E-state index >= 15 is 8.78 Å². The molecule has 15 heteroatoms. The van der Waals surface area contributed by atoms with Crippen LogP contribution in [0.2, 0.25) is 5.02 Å². The van der Waals surface area contributed by atoms with E-state index in [1.54, 1.807) is 0 Å². The molecule has 2 aromatic carbocycles. The molecule has 6 heterocycles. The molecular weight excluding hydrogens is 684 g/mol. The number of hydrogen-bond acceptors (Lipinski definition) is 10. The van der Waals surface area contributed by atoms with Crippen LogP contribution in [0, 0.1) is 28.9 Å². The van der Waals surface area contributed by atoms with Gasteiger partial charge < -0.3 is 24.8 Å². The van der Waals surface area contributed by atoms with Crippen molar-refractivity contribution in [1.82, 2.24) is 14.9 Å². The molecule has 0 bridgehead atoms. The lowest BCUT2D eigenvalue weighted by molar-refractivity contribution is -0.164. The van der Waals surface area contributed by atoms with Crippen LogP contribution in [0.25, 0.3) is 32.1 Å². The average Bonchev–Trinajstić information content (AvgIpc) is 3.61. The number of nitrogens with zero attached hydrogens (tertiary/aromatic N) is 5. The maximum atomic E-state index is 17.2. The summed E-state index contributed by atoms with van der Waals surface area (Å²) < 4.78 is 76.3. The highest BCUT2D eigenvalue weighted by atomic mass is 35.5. The summed E-state index contributed by atoms with van der Waals surface area (Å²) in [6.45, 7) is 1.98. The topological polar surface area (TPSA) is 110 Å². The first-order valence-corrected chi connectivity index (χ1v) is 17.6. The van der Waals surface area contributed by atoms with Crippen LogP contribution in [0.5, 0.6) is 11.8 Å². The summed E-state index contributed by atoms with van der Waals surface area (Å²) in [5.41, 5.74) is 5.87. The Morgan fingerprint density at radius 2 is 2.04 bits per heavy atom. The molecule has 4 aromatic rings. The van der Waals surface area contributed by atoms with E-state index in [1.165, 1.54) is 12.1 Å². The highest BCUT2D eigenvalue weighted by molar-refractivity contribution is 7.23. The Kier molecular flexibility index (Phi) is 8.17. The third kappa shape index (κ3) is 5.32. The number of rotatable bonds is 6. The number of ether oxygens (including phenoxy) is 3. The molecule has 4 aliphatic heterocycles. The third-order valence-corrected chi connectivity index (χ3v) is 11.9. The van der Waals surface area contributed by atoms with Crippen LogP contribution in [-0.4, -0.2) is 72.0 Å². The van der Waals surface area contributed by atoms with Crippen molar-refractivity contribution in [3.8, 4) is 29.0 Å². The lowest BCUT2D eigenvalue weighted by Gasteiger charge is -2.32. The highest BCUT2D eigenvalue weighted by Crippen LogP contribution is 2.51. The normalized spacial score (nSPS) is 25.3. The molecule has 2 N–H and O–H groups in total. The number of aromatic nitrogens is 2. The van der Waals surface area contributed by atoms with E-state index in [9.17, 15) is 14.0 Å². The van der Waals surface area contributed by atoms with Gasteiger partial charge >= 0.3 is 12.6 Å². The fraction of sp³-hybridized carbons (Fsp3) is 0.500. The number of anilines is 2. The van der Waals surface area contributed by atoms with Gasteiger partial charge in [0.15, 0.2) is 11.6 Å². The molecule has 2 aromatic heterocycles. The van der Waals surface area contributed by atoms with Crippen molar-refractivity contribution in [1.29, 1.82) is 5.26 Å². The summed E-state index contributed by atoms with van der Waals surface area (Å²) in [7, 11) is 0. The summed E-state index contributed by atoms with van der Waals surface area (Å²) in [5.74, 6) is -0.471. The van der Waals surface area contributed by atoms with Gasteiger partial charge in [-0.2, -0.15) is 24.0 Å². The molecule has 0 spiro atoms. The lowest BCUT2D eigenvalue weighted by atomic mass is 9.92. The van der Waals surface area contributed by atoms with Crippen LogP contribution in [-0.2, 0) is 4.74 Å². The van der Waals surface area contributed by atoms with Crippen molar-refractivity contribution in [3.05, 3.63) is 34.4 Å². The van der Waals surface area contributed by atoms with E-state index in [0.29, 0.717) is 31.2 Å². The number of hydrogen-bond donors (Lipinski definition) is 1. The number of nitriles is 1. The van der Waals surface area contributed by atoms with E-state index in [4.69, 9.17) is 36.5 Å². The minimum atomic E-state index is -2.90. The van der Waals surface area contributed by atoms with Crippen molar-refractivity contribution < 1.29 is 31.8 Å². The highest BCUT2D eigenvalue weighted by Gasteiger charge is 2.48. The zero-order valence-corrected chi connectivity index (χ0v) is 28.2. The van der Waals surface area contributed by atoms with Crippen LogP contribution in [0.15, 0.2) is 12.1 Å². The quantitative estimate of drug-likeness (QED) is 0.203. The molecule has 9 nitrogen and oxygen atoms in total. The summed E-state index contributed by atoms with van der Waals surface area (Å²) in [6.07, 6.45) is 3.39. The summed E-state index contributed by atoms with van der Waals surface area (Å²) in [4.78, 5) is 13.8. The number of halogens is 5. The second-order valence-corrected chi connectivity index (χ2v) is 15.0. The molecule has 0 saturated carbocycles. The smallest absolute Gasteiger partial charge is 0.345 e. The van der Waals surface area contributed by atoms with Crippen molar-refractivity contribution in [2.45, 2.75) is 69.7 Å². The SMILES string of the molecule is C[C@H]1CN2CCC[C@@]2(COc2nc3c4c(c(Cl)c(-c5ccc(F)c6sc(N)c(C#N)c56)c(F)c4n2)OCC2CCC(OC(F)F)CCN32)C1. The number of nitrogens with two attached hydrogens (primary N) is 1. The molecule has 49 heavy (non-hydrogen) atoms. The number of fused-ring (bicyclic) bond motifs is 4. The average molecular weight is 717 g/mol. The fourth-order valence-electron chi connectivity index (χ4n) is 8.47. The van der Waals surface area contributed by atoms with Gasteiger partial charge in [-0.1, -0.05) is 24.6 Å². The minimum Gasteiger partial charge on any atom is -0.489 e. The molecular formula is C34H33ClF4N6O3S. The van der Waals surface area contributed by atoms with Crippen LogP contribution < -0.4 is 20.1 Å². The third-order valence-electron chi connectivity index (χ3n) is 10.6. The largest absolute Gasteiger partial charge is 0.489 e. The van der Waals surface area contributed by atoms with Crippen LogP contribution >= 0.6 is 22.9 Å². The Balaban J connectivity index is 1.31. The van der Waals surface area contributed by atoms with Gasteiger partial charge in [-0.25, -0.2) is 8.78 Å². The second kappa shape index (κ2) is 12.3. The van der Waals surface area contributed by atoms with E-state index in [-0.39, 0.29) is 90.6 Å². The fourth-order valence-corrected chi connectivity index (χ4v) is 9.75. The van der Waals surface area contributed by atoms with Crippen molar-refractivity contribution in [2.24, 2.45) is 5.92 Å². The monoisotopic (exact) mass is 716 g/mol. The van der Waals surface area contributed by atoms with E-state index in [1.807, 2.05) is 11.0 Å². The molecule has 3 fully saturated rings. The molecule has 258 valence electrons. The Labute approximate surface area is 288 Å². The van der Waals surface area contributed by atoms with Crippen molar-refractivity contribution in [2.75, 3.05) is 43.5 Å². The van der Waals surface area contributed by atoms with Crippen molar-refractivity contribution >= 4 is 54.7 Å². The predicted molar refractivity (Wildman–Crippen MR) is 179 cm³/mol. The van der Waals surface area contributed by atoms with Crippen LogP contribution in [0.4, 0.5) is 28.4 Å². The zero-order chi connectivity index (χ0) is 34.2. The van der Waals surface area contributed by atoms with E-state index < -0.39 is 24.3 Å². The van der Waals surface area contributed by atoms with Gasteiger partial charge in [0, 0.05) is 24.0 Å². The van der Waals surface area contributed by atoms with Gasteiger partial charge in [0.1, 0.15) is 41.4 Å². The molecule has 2 unspecified atom stereocenters. The summed E-state index contributed by atoms with van der Waals surface area (Å²) in [6, 6.07) is 4.22. The lowest BCUT2D eigenvalue weighted by Crippen LogP contribution is -2.43. The van der Waals surface area contributed by atoms with Crippen molar-refractivity contribution in [3.63, 3.8) is 0 Å². The molecule has 0 amide bonds. The molecule has 0 aliphatic carbocycles. The first kappa shape index (κ1) is 32.6. The number of alkyl halides is 2. The predicted octanol–water partition coefficient (Wildman–Crippen LogP) is 7.51. The molecule has 4 atom stereocenters. The van der Waals surface area contributed by atoms with Gasteiger partial charge in [0.25, 0.3) is 0 Å². The Hall–Kier alpha value is -3.64. The number of nitrogen functional groups attached to an aromatic ring is 1. The van der Waals surface area contributed by atoms with Gasteiger partial charge in [-0.3, -0.25) is 4.90 Å². The summed E-state index contributed by atoms with van der Waals surface area (Å²) in [5, 5.41) is 10.3. The molecule has 0 radical (unpaired) electrons. The maximum absolute atomic E-state index is 17.2. The van der Waals surface area contributed by atoms with E-state index in [2.05, 4.69) is 16.8 Å². The van der Waals surface area contributed by atoms with Gasteiger partial charge in [0.05, 0.1) is 38.4 Å². The molecule has 8 rings (SSSR count). The Morgan fingerprint density at radius 1 is 1.20 bits per heavy atom. The first-order chi connectivity index (χ1) is 23.6. The van der Waals surface area contributed by atoms with Gasteiger partial charge in [-0.15, -0.1) is 11.3 Å².